The first-order chi connectivity index (χ1) is 17.2. The molecule has 2 aliphatic rings. The molecule has 36 heavy (non-hydrogen) atoms. The Balaban J connectivity index is 1.64. The fourth-order valence-electron chi connectivity index (χ4n) is 5.63. The predicted octanol–water partition coefficient (Wildman–Crippen LogP) is 5.68. The van der Waals surface area contributed by atoms with Crippen molar-refractivity contribution in [3.63, 3.8) is 0 Å². The topological polar surface area (TPSA) is 53.1 Å². The van der Waals surface area contributed by atoms with Crippen LogP contribution in [0.1, 0.15) is 70.3 Å². The van der Waals surface area contributed by atoms with Gasteiger partial charge in [-0.3, -0.25) is 9.59 Å². The lowest BCUT2D eigenvalue weighted by molar-refractivity contribution is -0.132. The van der Waals surface area contributed by atoms with E-state index in [9.17, 15) is 9.59 Å². The Bertz CT molecular complexity index is 908. The molecule has 1 saturated carbocycles. The summed E-state index contributed by atoms with van der Waals surface area (Å²) in [6.45, 7) is 10.7. The fraction of sp³-hybridized carbons (Fsp3) is 0.600. The van der Waals surface area contributed by atoms with Gasteiger partial charge >= 0.3 is 0 Å². The molecule has 6 heteroatoms. The van der Waals surface area contributed by atoms with E-state index in [-0.39, 0.29) is 29.0 Å². The second-order valence-corrected chi connectivity index (χ2v) is 10.9. The van der Waals surface area contributed by atoms with Crippen LogP contribution < -0.4 is 4.90 Å². The van der Waals surface area contributed by atoms with E-state index in [1.54, 1.807) is 11.0 Å². The van der Waals surface area contributed by atoms with Crippen molar-refractivity contribution < 1.29 is 14.3 Å². The highest BCUT2D eigenvalue weighted by Crippen LogP contribution is 2.43. The van der Waals surface area contributed by atoms with Crippen molar-refractivity contribution in [2.45, 2.75) is 77.7 Å². The molecule has 0 atom stereocenters. The van der Waals surface area contributed by atoms with E-state index in [2.05, 4.69) is 11.5 Å². The molecule has 1 aromatic carbocycles. The molecule has 1 aliphatic heterocycles. The summed E-state index contributed by atoms with van der Waals surface area (Å²) in [4.78, 5) is 32.1. The van der Waals surface area contributed by atoms with Crippen LogP contribution in [-0.2, 0) is 14.3 Å². The number of aryl methyl sites for hydroxylation is 1. The molecule has 198 valence electrons. The standard InChI is InChI=1S/C30H45N3O3/c1-6-22-36-25(3)29(35)33(26-12-10-24(2)11-13-26)27-14-19-32(20-15-27)21-18-30(16-8-7-9-17-30)23-28(34)31(4)5/h6,10-13,22,27H,3,7-9,14-21,23H2,1-2,4-5H3/b22-6-. The summed E-state index contributed by atoms with van der Waals surface area (Å²) in [7, 11) is 3.73. The van der Waals surface area contributed by atoms with Gasteiger partial charge in [0.2, 0.25) is 5.91 Å². The second kappa shape index (κ2) is 13.1. The summed E-state index contributed by atoms with van der Waals surface area (Å²) in [6, 6.07) is 8.20. The van der Waals surface area contributed by atoms with Gasteiger partial charge in [0.15, 0.2) is 5.76 Å². The number of carbonyl (C=O) groups is 2. The normalized spacial score (nSPS) is 18.7. The lowest BCUT2D eigenvalue weighted by Crippen LogP contribution is -2.49. The largest absolute Gasteiger partial charge is 0.460 e. The number of ether oxygens (including phenoxy) is 1. The number of allylic oxidation sites excluding steroid dienone is 1. The summed E-state index contributed by atoms with van der Waals surface area (Å²) in [6.07, 6.45) is 12.9. The van der Waals surface area contributed by atoms with E-state index in [1.165, 1.54) is 25.5 Å². The maximum Gasteiger partial charge on any atom is 0.293 e. The molecule has 1 heterocycles. The van der Waals surface area contributed by atoms with Crippen molar-refractivity contribution in [1.29, 1.82) is 0 Å². The summed E-state index contributed by atoms with van der Waals surface area (Å²) in [5.41, 5.74) is 2.19. The zero-order valence-corrected chi connectivity index (χ0v) is 22.8. The van der Waals surface area contributed by atoms with Gasteiger partial charge in [-0.1, -0.05) is 49.6 Å². The molecule has 1 aliphatic carbocycles. The molecule has 2 amide bonds. The highest BCUT2D eigenvalue weighted by Gasteiger charge is 2.36. The minimum atomic E-state index is -0.182. The number of anilines is 1. The van der Waals surface area contributed by atoms with Crippen LogP contribution >= 0.6 is 0 Å². The van der Waals surface area contributed by atoms with E-state index >= 15 is 0 Å². The average Bonchev–Trinajstić information content (AvgIpc) is 2.88. The van der Waals surface area contributed by atoms with E-state index in [0.29, 0.717) is 6.42 Å². The molecule has 0 aromatic heterocycles. The number of nitrogens with zero attached hydrogens (tertiary/aromatic N) is 3. The quantitative estimate of drug-likeness (QED) is 0.310. The molecular weight excluding hydrogens is 450 g/mol. The van der Waals surface area contributed by atoms with E-state index in [1.807, 2.05) is 57.1 Å². The average molecular weight is 496 g/mol. The van der Waals surface area contributed by atoms with Crippen LogP contribution in [0.25, 0.3) is 0 Å². The van der Waals surface area contributed by atoms with Gasteiger partial charge in [-0.15, -0.1) is 0 Å². The Labute approximate surface area is 218 Å². The van der Waals surface area contributed by atoms with Crippen LogP contribution in [0.3, 0.4) is 0 Å². The molecule has 2 fully saturated rings. The van der Waals surface area contributed by atoms with Gasteiger partial charge < -0.3 is 19.4 Å². The number of likely N-dealkylation sites (tertiary alicyclic amines) is 1. The number of hydrogen-bond acceptors (Lipinski definition) is 4. The summed E-state index contributed by atoms with van der Waals surface area (Å²) >= 11 is 0. The van der Waals surface area contributed by atoms with Crippen molar-refractivity contribution in [1.82, 2.24) is 9.80 Å². The maximum absolute atomic E-state index is 13.4. The first-order valence-electron chi connectivity index (χ1n) is 13.5. The SMILES string of the molecule is C=C(O/C=C\C)C(=O)N(c1ccc(C)cc1)C1CCN(CCC2(CC(=O)N(C)C)CCCCC2)CC1. The Hall–Kier alpha value is -2.60. The van der Waals surface area contributed by atoms with Crippen LogP contribution in [0.4, 0.5) is 5.69 Å². The van der Waals surface area contributed by atoms with Gasteiger partial charge in [0.25, 0.3) is 5.91 Å². The zero-order valence-electron chi connectivity index (χ0n) is 22.8. The first-order valence-corrected chi connectivity index (χ1v) is 13.5. The third kappa shape index (κ3) is 7.45. The van der Waals surface area contributed by atoms with Gasteiger partial charge in [-0.25, -0.2) is 0 Å². The van der Waals surface area contributed by atoms with Gasteiger partial charge in [-0.05, 0) is 70.0 Å². The maximum atomic E-state index is 13.4. The van der Waals surface area contributed by atoms with Crippen molar-refractivity contribution >= 4 is 17.5 Å². The Morgan fingerprint density at radius 3 is 2.33 bits per heavy atom. The third-order valence-corrected chi connectivity index (χ3v) is 7.94. The summed E-state index contributed by atoms with van der Waals surface area (Å²) < 4.78 is 5.45. The number of benzene rings is 1. The highest BCUT2D eigenvalue weighted by atomic mass is 16.5. The minimum Gasteiger partial charge on any atom is -0.460 e. The zero-order chi connectivity index (χ0) is 26.1. The van der Waals surface area contributed by atoms with Crippen molar-refractivity contribution in [2.75, 3.05) is 38.6 Å². The number of rotatable bonds is 10. The second-order valence-electron chi connectivity index (χ2n) is 10.9. The highest BCUT2D eigenvalue weighted by molar-refractivity contribution is 6.04. The molecule has 1 aromatic rings. The van der Waals surface area contributed by atoms with E-state index in [4.69, 9.17) is 4.74 Å². The number of hydrogen-bond donors (Lipinski definition) is 0. The number of carbonyl (C=O) groups excluding carboxylic acids is 2. The lowest BCUT2D eigenvalue weighted by Gasteiger charge is -2.42. The van der Waals surface area contributed by atoms with Crippen molar-refractivity contribution in [3.8, 4) is 0 Å². The van der Waals surface area contributed by atoms with Gasteiger partial charge in [0, 0.05) is 45.3 Å². The lowest BCUT2D eigenvalue weighted by atomic mass is 9.69. The fourth-order valence-corrected chi connectivity index (χ4v) is 5.63. The Kier molecular flexibility index (Phi) is 10.2. The number of piperidine rings is 1. The molecule has 6 nitrogen and oxygen atoms in total. The Morgan fingerprint density at radius 2 is 1.75 bits per heavy atom. The van der Waals surface area contributed by atoms with Crippen LogP contribution in [-0.4, -0.2) is 61.4 Å². The molecule has 0 radical (unpaired) electrons. The minimum absolute atomic E-state index is 0.0985. The molecule has 0 bridgehead atoms. The van der Waals surface area contributed by atoms with Crippen molar-refractivity contribution in [3.05, 3.63) is 54.5 Å². The summed E-state index contributed by atoms with van der Waals surface area (Å²) in [5, 5.41) is 0. The smallest absolute Gasteiger partial charge is 0.293 e. The van der Waals surface area contributed by atoms with Crippen LogP contribution in [0, 0.1) is 12.3 Å². The molecular formula is C30H45N3O3. The molecule has 0 spiro atoms. The summed E-state index contributed by atoms with van der Waals surface area (Å²) in [5.74, 6) is 0.211. The van der Waals surface area contributed by atoms with Crippen LogP contribution in [0.5, 0.6) is 0 Å². The van der Waals surface area contributed by atoms with Gasteiger partial charge in [0.05, 0.1) is 6.26 Å². The monoisotopic (exact) mass is 495 g/mol. The van der Waals surface area contributed by atoms with E-state index < -0.39 is 0 Å². The first kappa shape index (κ1) is 28.0. The molecule has 0 N–H and O–H groups in total. The number of amides is 2. The van der Waals surface area contributed by atoms with Crippen LogP contribution in [0.15, 0.2) is 48.9 Å². The molecule has 1 saturated heterocycles. The predicted molar refractivity (Wildman–Crippen MR) is 147 cm³/mol. The van der Waals surface area contributed by atoms with Gasteiger partial charge in [0.1, 0.15) is 0 Å². The molecule has 3 rings (SSSR count). The Morgan fingerprint density at radius 1 is 1.11 bits per heavy atom. The van der Waals surface area contributed by atoms with E-state index in [0.717, 1.165) is 63.0 Å². The van der Waals surface area contributed by atoms with Crippen LogP contribution in [0.2, 0.25) is 0 Å². The van der Waals surface area contributed by atoms with Crippen molar-refractivity contribution in [2.24, 2.45) is 5.41 Å². The third-order valence-electron chi connectivity index (χ3n) is 7.94. The molecule has 0 unspecified atom stereocenters. The van der Waals surface area contributed by atoms with Gasteiger partial charge in [-0.2, -0.15) is 0 Å².